The van der Waals surface area contributed by atoms with Crippen molar-refractivity contribution in [2.75, 3.05) is 13.2 Å². The van der Waals surface area contributed by atoms with Crippen molar-refractivity contribution in [3.05, 3.63) is 24.3 Å². The number of para-hydroxylation sites is 2. The highest BCUT2D eigenvalue weighted by atomic mass is 16.6. The number of benzene rings is 1. The van der Waals surface area contributed by atoms with Crippen LogP contribution in [0.5, 0.6) is 11.5 Å². The van der Waals surface area contributed by atoms with Gasteiger partial charge < -0.3 is 19.9 Å². The Morgan fingerprint density at radius 3 is 2.68 bits per heavy atom. The number of nitrogens with zero attached hydrogens (tertiary/aromatic N) is 1. The molecule has 1 aromatic carbocycles. The molecule has 4 unspecified atom stereocenters. The molecule has 3 aliphatic heterocycles. The van der Waals surface area contributed by atoms with E-state index in [1.165, 1.54) is 0 Å². The molecular weight excluding hydrogens is 320 g/mol. The molecule has 3 aliphatic rings. The van der Waals surface area contributed by atoms with Gasteiger partial charge in [0.05, 0.1) is 18.7 Å². The van der Waals surface area contributed by atoms with Crippen LogP contribution in [0.2, 0.25) is 0 Å². The summed E-state index contributed by atoms with van der Waals surface area (Å²) in [7, 11) is 0. The lowest BCUT2D eigenvalue weighted by molar-refractivity contribution is -0.129. The molecule has 136 valence electrons. The molecule has 0 spiro atoms. The van der Waals surface area contributed by atoms with Gasteiger partial charge in [-0.2, -0.15) is 0 Å². The van der Waals surface area contributed by atoms with E-state index in [-0.39, 0.29) is 24.2 Å². The van der Waals surface area contributed by atoms with E-state index in [0.29, 0.717) is 25.2 Å². The number of carbonyl (C=O) groups is 1. The summed E-state index contributed by atoms with van der Waals surface area (Å²) in [6.45, 7) is 2.84. The smallest absolute Gasteiger partial charge is 0.237 e. The second kappa shape index (κ2) is 6.84. The molecule has 1 aromatic rings. The number of fused-ring (bicyclic) bond motifs is 3. The summed E-state index contributed by atoms with van der Waals surface area (Å²) >= 11 is 0. The lowest BCUT2D eigenvalue weighted by Gasteiger charge is -2.40. The van der Waals surface area contributed by atoms with Gasteiger partial charge in [-0.05, 0) is 44.7 Å². The Bertz CT molecular complexity index is 624. The van der Waals surface area contributed by atoms with Gasteiger partial charge in [-0.3, -0.25) is 9.69 Å². The third-order valence-electron chi connectivity index (χ3n) is 5.66. The summed E-state index contributed by atoms with van der Waals surface area (Å²) in [4.78, 5) is 14.9. The average molecular weight is 346 g/mol. The zero-order valence-corrected chi connectivity index (χ0v) is 14.6. The van der Waals surface area contributed by atoms with Gasteiger partial charge in [0.25, 0.3) is 0 Å². The highest BCUT2D eigenvalue weighted by Crippen LogP contribution is 2.37. The van der Waals surface area contributed by atoms with E-state index in [1.54, 1.807) is 0 Å². The van der Waals surface area contributed by atoms with Crippen LogP contribution in [0, 0.1) is 0 Å². The first-order valence-corrected chi connectivity index (χ1v) is 9.23. The van der Waals surface area contributed by atoms with Crippen molar-refractivity contribution in [2.24, 2.45) is 0 Å². The zero-order valence-electron chi connectivity index (χ0n) is 14.6. The Labute approximate surface area is 148 Å². The number of nitrogens with one attached hydrogen (secondary N) is 1. The predicted octanol–water partition coefficient (Wildman–Crippen LogP) is 1.32. The van der Waals surface area contributed by atoms with Gasteiger partial charge >= 0.3 is 0 Å². The van der Waals surface area contributed by atoms with Crippen molar-refractivity contribution in [3.63, 3.8) is 0 Å². The highest BCUT2D eigenvalue weighted by Gasteiger charge is 2.44. The van der Waals surface area contributed by atoms with Gasteiger partial charge in [-0.25, -0.2) is 0 Å². The van der Waals surface area contributed by atoms with Gasteiger partial charge in [0, 0.05) is 12.1 Å². The topological polar surface area (TPSA) is 71.0 Å². The predicted molar refractivity (Wildman–Crippen MR) is 92.7 cm³/mol. The summed E-state index contributed by atoms with van der Waals surface area (Å²) in [6, 6.07) is 8.06. The van der Waals surface area contributed by atoms with Crippen molar-refractivity contribution in [1.29, 1.82) is 0 Å². The van der Waals surface area contributed by atoms with E-state index >= 15 is 0 Å². The lowest BCUT2D eigenvalue weighted by Crippen LogP contribution is -2.55. The molecule has 0 saturated carbocycles. The van der Waals surface area contributed by atoms with E-state index in [0.717, 1.165) is 37.2 Å². The van der Waals surface area contributed by atoms with Crippen molar-refractivity contribution in [2.45, 2.75) is 62.9 Å². The summed E-state index contributed by atoms with van der Waals surface area (Å²) in [5.74, 6) is 1.50. The Kier molecular flexibility index (Phi) is 4.56. The zero-order chi connectivity index (χ0) is 17.4. The van der Waals surface area contributed by atoms with Crippen molar-refractivity contribution >= 4 is 5.91 Å². The Morgan fingerprint density at radius 2 is 1.96 bits per heavy atom. The van der Waals surface area contributed by atoms with Crippen LogP contribution < -0.4 is 14.8 Å². The molecule has 2 saturated heterocycles. The lowest BCUT2D eigenvalue weighted by atomic mass is 9.98. The largest absolute Gasteiger partial charge is 0.486 e. The maximum Gasteiger partial charge on any atom is 0.237 e. The number of hydrogen-bond acceptors (Lipinski definition) is 5. The molecule has 0 aliphatic carbocycles. The van der Waals surface area contributed by atoms with Crippen LogP contribution in [-0.2, 0) is 4.79 Å². The van der Waals surface area contributed by atoms with Crippen molar-refractivity contribution in [3.8, 4) is 11.5 Å². The standard InChI is InChI=1S/C19H26N2O4/c1-12(21-13-6-7-14(21)9-15(22)8-13)19(23)20-10-16-11-24-17-4-2-3-5-18(17)25-16/h2-5,12-16,22H,6-11H2,1H3,(H,20,23). The number of hydrogen-bond donors (Lipinski definition) is 2. The molecule has 6 heteroatoms. The first-order chi connectivity index (χ1) is 12.1. The van der Waals surface area contributed by atoms with Crippen LogP contribution in [0.3, 0.4) is 0 Å². The number of aliphatic hydroxyl groups excluding tert-OH is 1. The van der Waals surface area contributed by atoms with Gasteiger partial charge in [0.1, 0.15) is 12.7 Å². The second-order valence-corrected chi connectivity index (χ2v) is 7.38. The van der Waals surface area contributed by atoms with E-state index in [4.69, 9.17) is 9.47 Å². The Hall–Kier alpha value is -1.79. The number of amides is 1. The highest BCUT2D eigenvalue weighted by molar-refractivity contribution is 5.81. The third kappa shape index (κ3) is 3.33. The number of rotatable bonds is 4. The maximum absolute atomic E-state index is 12.6. The third-order valence-corrected chi connectivity index (χ3v) is 5.66. The molecule has 2 N–H and O–H groups in total. The first-order valence-electron chi connectivity index (χ1n) is 9.23. The summed E-state index contributed by atoms with van der Waals surface area (Å²) < 4.78 is 11.6. The quantitative estimate of drug-likeness (QED) is 0.860. The number of piperidine rings is 1. The molecule has 1 amide bonds. The van der Waals surface area contributed by atoms with Gasteiger partial charge in [0.15, 0.2) is 11.5 Å². The van der Waals surface area contributed by atoms with Gasteiger partial charge in [-0.1, -0.05) is 12.1 Å². The average Bonchev–Trinajstić information content (AvgIpc) is 2.90. The van der Waals surface area contributed by atoms with Crippen LogP contribution in [0.1, 0.15) is 32.6 Å². The van der Waals surface area contributed by atoms with Crippen LogP contribution in [-0.4, -0.2) is 59.4 Å². The number of aliphatic hydroxyl groups is 1. The molecule has 0 radical (unpaired) electrons. The van der Waals surface area contributed by atoms with Crippen LogP contribution in [0.25, 0.3) is 0 Å². The van der Waals surface area contributed by atoms with Crippen LogP contribution >= 0.6 is 0 Å². The van der Waals surface area contributed by atoms with Crippen molar-refractivity contribution in [1.82, 2.24) is 10.2 Å². The van der Waals surface area contributed by atoms with E-state index in [9.17, 15) is 9.90 Å². The van der Waals surface area contributed by atoms with Gasteiger partial charge in [-0.15, -0.1) is 0 Å². The molecule has 2 bridgehead atoms. The Balaban J connectivity index is 1.31. The summed E-state index contributed by atoms with van der Waals surface area (Å²) in [5, 5.41) is 12.9. The van der Waals surface area contributed by atoms with E-state index in [2.05, 4.69) is 10.2 Å². The maximum atomic E-state index is 12.6. The summed E-state index contributed by atoms with van der Waals surface area (Å²) in [5.41, 5.74) is 0. The minimum atomic E-state index is -0.211. The first kappa shape index (κ1) is 16.7. The number of ether oxygens (including phenoxy) is 2. The van der Waals surface area contributed by atoms with Crippen LogP contribution in [0.15, 0.2) is 24.3 Å². The van der Waals surface area contributed by atoms with E-state index in [1.807, 2.05) is 31.2 Å². The molecule has 2 fully saturated rings. The molecule has 6 nitrogen and oxygen atoms in total. The fourth-order valence-corrected chi connectivity index (χ4v) is 4.48. The fourth-order valence-electron chi connectivity index (χ4n) is 4.48. The minimum Gasteiger partial charge on any atom is -0.486 e. The molecule has 0 aromatic heterocycles. The van der Waals surface area contributed by atoms with Crippen LogP contribution in [0.4, 0.5) is 0 Å². The fraction of sp³-hybridized carbons (Fsp3) is 0.632. The SMILES string of the molecule is CC(C(=O)NCC1COc2ccccc2O1)N1C2CCC1CC(O)C2. The van der Waals surface area contributed by atoms with E-state index < -0.39 is 0 Å². The normalized spacial score (nSPS) is 32.2. The number of carbonyl (C=O) groups excluding carboxylic acids is 1. The summed E-state index contributed by atoms with van der Waals surface area (Å²) in [6.07, 6.45) is 3.34. The minimum absolute atomic E-state index is 0.0238. The monoisotopic (exact) mass is 346 g/mol. The molecule has 25 heavy (non-hydrogen) atoms. The second-order valence-electron chi connectivity index (χ2n) is 7.38. The molecule has 4 atom stereocenters. The van der Waals surface area contributed by atoms with Gasteiger partial charge in [0.2, 0.25) is 5.91 Å². The molecular formula is C19H26N2O4. The molecule has 3 heterocycles. The molecule has 4 rings (SSSR count). The van der Waals surface area contributed by atoms with Crippen molar-refractivity contribution < 1.29 is 19.4 Å². The Morgan fingerprint density at radius 1 is 1.28 bits per heavy atom.